The molecule has 82 valence electrons. The summed E-state index contributed by atoms with van der Waals surface area (Å²) in [6.07, 6.45) is 2.47. The molecule has 3 heteroatoms. The number of hydrogen-bond donors (Lipinski definition) is 0. The minimum Gasteiger partial charge on any atom is -0.299 e. The van der Waals surface area contributed by atoms with Crippen molar-refractivity contribution in [3.8, 4) is 0 Å². The van der Waals surface area contributed by atoms with Crippen LogP contribution >= 0.6 is 0 Å². The molecule has 0 aliphatic heterocycles. The Bertz CT molecular complexity index is 522. The van der Waals surface area contributed by atoms with Crippen molar-refractivity contribution in [3.05, 3.63) is 36.2 Å². The number of carbonyl (C=O) groups excluding carboxylic acids is 1. The van der Waals surface area contributed by atoms with Gasteiger partial charge in [-0.15, -0.1) is 0 Å². The third kappa shape index (κ3) is 1.94. The zero-order valence-electron chi connectivity index (χ0n) is 9.47. The van der Waals surface area contributed by atoms with Gasteiger partial charge in [-0.05, 0) is 25.5 Å². The molecular formula is C13H14N2O. The molecule has 1 aromatic heterocycles. The van der Waals surface area contributed by atoms with Gasteiger partial charge in [-0.1, -0.05) is 19.1 Å². The van der Waals surface area contributed by atoms with E-state index in [4.69, 9.17) is 0 Å². The molecule has 0 aliphatic rings. The Morgan fingerprint density at radius 3 is 2.62 bits per heavy atom. The van der Waals surface area contributed by atoms with E-state index in [-0.39, 0.29) is 11.7 Å². The normalized spacial score (nSPS) is 12.6. The minimum atomic E-state index is -0.128. The molecule has 3 nitrogen and oxygen atoms in total. The highest BCUT2D eigenvalue weighted by molar-refractivity contribution is 5.83. The molecule has 0 N–H and O–H groups in total. The summed E-state index contributed by atoms with van der Waals surface area (Å²) in [5.41, 5.74) is 2.48. The number of ketones is 1. The summed E-state index contributed by atoms with van der Waals surface area (Å²) in [6, 6.07) is 7.69. The molecule has 0 bridgehead atoms. The Hall–Kier alpha value is -1.77. The van der Waals surface area contributed by atoms with Gasteiger partial charge in [-0.25, -0.2) is 4.98 Å². The second-order valence-electron chi connectivity index (χ2n) is 3.86. The maximum absolute atomic E-state index is 11.4. The van der Waals surface area contributed by atoms with Crippen LogP contribution in [0.25, 0.3) is 11.0 Å². The van der Waals surface area contributed by atoms with Crippen LogP contribution in [0.5, 0.6) is 0 Å². The number of rotatable bonds is 3. The fraction of sp³-hybridized carbons (Fsp3) is 0.308. The lowest BCUT2D eigenvalue weighted by Crippen LogP contribution is -2.10. The van der Waals surface area contributed by atoms with E-state index < -0.39 is 0 Å². The third-order valence-corrected chi connectivity index (χ3v) is 2.72. The molecule has 0 radical (unpaired) electrons. The van der Waals surface area contributed by atoms with Gasteiger partial charge in [0.15, 0.2) is 0 Å². The molecule has 1 unspecified atom stereocenters. The molecule has 0 amide bonds. The molecule has 0 spiro atoms. The van der Waals surface area contributed by atoms with E-state index in [2.05, 4.69) is 9.97 Å². The van der Waals surface area contributed by atoms with Crippen molar-refractivity contribution in [1.82, 2.24) is 9.97 Å². The highest BCUT2D eigenvalue weighted by atomic mass is 16.1. The van der Waals surface area contributed by atoms with Gasteiger partial charge in [-0.3, -0.25) is 9.78 Å². The maximum atomic E-state index is 11.4. The number of benzene rings is 1. The molecule has 0 fully saturated rings. The zero-order valence-corrected chi connectivity index (χ0v) is 9.47. The van der Waals surface area contributed by atoms with E-state index >= 15 is 0 Å². The predicted molar refractivity (Wildman–Crippen MR) is 63.3 cm³/mol. The van der Waals surface area contributed by atoms with Crippen molar-refractivity contribution in [2.75, 3.05) is 0 Å². The number of hydrogen-bond acceptors (Lipinski definition) is 3. The smallest absolute Gasteiger partial charge is 0.138 e. The second-order valence-corrected chi connectivity index (χ2v) is 3.86. The fourth-order valence-corrected chi connectivity index (χ4v) is 1.84. The summed E-state index contributed by atoms with van der Waals surface area (Å²) in [4.78, 5) is 20.2. The van der Waals surface area contributed by atoms with Crippen LogP contribution in [-0.2, 0) is 4.79 Å². The first-order valence-electron chi connectivity index (χ1n) is 5.44. The number of fused-ring (bicyclic) bond motifs is 1. The van der Waals surface area contributed by atoms with Gasteiger partial charge in [0.25, 0.3) is 0 Å². The van der Waals surface area contributed by atoms with Gasteiger partial charge >= 0.3 is 0 Å². The average molecular weight is 214 g/mol. The van der Waals surface area contributed by atoms with Crippen molar-refractivity contribution < 1.29 is 4.79 Å². The lowest BCUT2D eigenvalue weighted by molar-refractivity contribution is -0.118. The van der Waals surface area contributed by atoms with Gasteiger partial charge < -0.3 is 0 Å². The number of carbonyl (C=O) groups is 1. The molecule has 2 aromatic rings. The molecule has 1 aromatic carbocycles. The molecule has 0 saturated heterocycles. The van der Waals surface area contributed by atoms with Crippen LogP contribution in [0.3, 0.4) is 0 Å². The topological polar surface area (TPSA) is 42.9 Å². The van der Waals surface area contributed by atoms with E-state index in [1.54, 1.807) is 13.1 Å². The summed E-state index contributed by atoms with van der Waals surface area (Å²) >= 11 is 0. The van der Waals surface area contributed by atoms with Crippen LogP contribution in [0.1, 0.15) is 31.9 Å². The molecule has 2 rings (SSSR count). The largest absolute Gasteiger partial charge is 0.299 e. The molecule has 1 heterocycles. The van der Waals surface area contributed by atoms with Crippen molar-refractivity contribution in [2.45, 2.75) is 26.2 Å². The Morgan fingerprint density at radius 1 is 1.31 bits per heavy atom. The average Bonchev–Trinajstić information content (AvgIpc) is 2.29. The molecule has 0 aliphatic carbocycles. The van der Waals surface area contributed by atoms with E-state index in [0.717, 1.165) is 23.1 Å². The number of nitrogens with zero attached hydrogens (tertiary/aromatic N) is 2. The van der Waals surface area contributed by atoms with E-state index in [0.29, 0.717) is 0 Å². The van der Waals surface area contributed by atoms with E-state index in [1.807, 2.05) is 31.2 Å². The zero-order chi connectivity index (χ0) is 11.5. The van der Waals surface area contributed by atoms with Crippen LogP contribution in [0.2, 0.25) is 0 Å². The first-order chi connectivity index (χ1) is 7.72. The van der Waals surface area contributed by atoms with Gasteiger partial charge in [0.2, 0.25) is 0 Å². The van der Waals surface area contributed by atoms with Crippen molar-refractivity contribution >= 4 is 16.8 Å². The van der Waals surface area contributed by atoms with Crippen LogP contribution in [0.15, 0.2) is 30.5 Å². The van der Waals surface area contributed by atoms with Crippen molar-refractivity contribution in [1.29, 1.82) is 0 Å². The molecule has 0 saturated carbocycles. The summed E-state index contributed by atoms with van der Waals surface area (Å²) in [5, 5.41) is 0. The Morgan fingerprint density at radius 2 is 2.00 bits per heavy atom. The second kappa shape index (κ2) is 4.39. The Balaban J connectivity index is 2.49. The highest BCUT2D eigenvalue weighted by Crippen LogP contribution is 2.19. The predicted octanol–water partition coefficient (Wildman–Crippen LogP) is 2.71. The maximum Gasteiger partial charge on any atom is 0.138 e. The van der Waals surface area contributed by atoms with E-state index in [1.165, 1.54) is 0 Å². The molecular weight excluding hydrogens is 200 g/mol. The summed E-state index contributed by atoms with van der Waals surface area (Å²) < 4.78 is 0. The lowest BCUT2D eigenvalue weighted by Gasteiger charge is -2.10. The first kappa shape index (κ1) is 10.7. The van der Waals surface area contributed by atoms with Gasteiger partial charge in [0.05, 0.1) is 22.6 Å². The van der Waals surface area contributed by atoms with Gasteiger partial charge in [-0.2, -0.15) is 0 Å². The monoisotopic (exact) mass is 214 g/mol. The van der Waals surface area contributed by atoms with Crippen LogP contribution in [-0.4, -0.2) is 15.8 Å². The summed E-state index contributed by atoms with van der Waals surface area (Å²) in [7, 11) is 0. The first-order valence-corrected chi connectivity index (χ1v) is 5.44. The van der Waals surface area contributed by atoms with Crippen molar-refractivity contribution in [2.24, 2.45) is 0 Å². The fourth-order valence-electron chi connectivity index (χ4n) is 1.84. The number of Topliss-reactive ketones (excluding diaryl/α,β-unsaturated/α-hetero) is 1. The number of para-hydroxylation sites is 2. The summed E-state index contributed by atoms with van der Waals surface area (Å²) in [5.74, 6) is 0.0178. The number of aromatic nitrogens is 2. The van der Waals surface area contributed by atoms with Gasteiger partial charge in [0, 0.05) is 6.20 Å². The quantitative estimate of drug-likeness (QED) is 0.789. The Kier molecular flexibility index (Phi) is 2.95. The van der Waals surface area contributed by atoms with E-state index in [9.17, 15) is 4.79 Å². The highest BCUT2D eigenvalue weighted by Gasteiger charge is 2.16. The standard InChI is InChI=1S/C13H14N2O/c1-3-10(9(2)16)13-8-14-11-6-4-5-7-12(11)15-13/h4-8,10H,3H2,1-2H3. The Labute approximate surface area is 94.5 Å². The minimum absolute atomic E-state index is 0.128. The molecule has 1 atom stereocenters. The van der Waals surface area contributed by atoms with Gasteiger partial charge in [0.1, 0.15) is 5.78 Å². The lowest BCUT2D eigenvalue weighted by atomic mass is 9.98. The summed E-state index contributed by atoms with van der Waals surface area (Å²) in [6.45, 7) is 3.59. The SMILES string of the molecule is CCC(C(C)=O)c1cnc2ccccc2n1. The van der Waals surface area contributed by atoms with Crippen LogP contribution < -0.4 is 0 Å². The molecule has 16 heavy (non-hydrogen) atoms. The third-order valence-electron chi connectivity index (χ3n) is 2.72. The van der Waals surface area contributed by atoms with Crippen LogP contribution in [0.4, 0.5) is 0 Å². The van der Waals surface area contributed by atoms with Crippen molar-refractivity contribution in [3.63, 3.8) is 0 Å². The van der Waals surface area contributed by atoms with Crippen LogP contribution in [0, 0.1) is 0 Å².